The minimum absolute atomic E-state index is 0.209. The molecule has 0 radical (unpaired) electrons. The van der Waals surface area contributed by atoms with Crippen molar-refractivity contribution in [2.24, 2.45) is 0 Å². The van der Waals surface area contributed by atoms with Gasteiger partial charge in [-0.25, -0.2) is 4.98 Å². The molecule has 2 aromatic carbocycles. The van der Waals surface area contributed by atoms with Gasteiger partial charge in [0.2, 0.25) is 5.91 Å². The summed E-state index contributed by atoms with van der Waals surface area (Å²) >= 11 is 0. The van der Waals surface area contributed by atoms with Crippen LogP contribution in [0.4, 0.5) is 5.69 Å². The molecule has 3 rings (SSSR count). The molecule has 154 valence electrons. The lowest BCUT2D eigenvalue weighted by Crippen LogP contribution is -2.08. The van der Waals surface area contributed by atoms with Crippen LogP contribution in [0.25, 0.3) is 6.08 Å². The minimum atomic E-state index is -0.209. The highest BCUT2D eigenvalue weighted by atomic mass is 16.5. The lowest BCUT2D eigenvalue weighted by atomic mass is 10.2. The van der Waals surface area contributed by atoms with Gasteiger partial charge < -0.3 is 19.4 Å². The molecule has 30 heavy (non-hydrogen) atoms. The number of anilines is 1. The fraction of sp³-hybridized carbons (Fsp3) is 0.167. The molecule has 0 aliphatic heterocycles. The van der Waals surface area contributed by atoms with E-state index in [1.807, 2.05) is 49.5 Å². The average Bonchev–Trinajstić information content (AvgIpc) is 3.16. The van der Waals surface area contributed by atoms with E-state index in [9.17, 15) is 4.79 Å². The Morgan fingerprint density at radius 2 is 2.00 bits per heavy atom. The van der Waals surface area contributed by atoms with Crippen LogP contribution in [0.2, 0.25) is 0 Å². The Morgan fingerprint density at radius 3 is 2.67 bits per heavy atom. The number of nitrogens with one attached hydrogen (secondary N) is 1. The Bertz CT molecular complexity index is 1040. The first-order chi connectivity index (χ1) is 14.6. The zero-order valence-electron chi connectivity index (χ0n) is 17.2. The zero-order chi connectivity index (χ0) is 21.3. The van der Waals surface area contributed by atoms with Crippen LogP contribution in [0.5, 0.6) is 11.5 Å². The number of nitrogens with zero attached hydrogens (tertiary/aromatic N) is 2. The molecule has 6 nitrogen and oxygen atoms in total. The standard InChI is InChI=1S/C24H25N3O3/c1-4-15-30-22-11-7-19(16-23(22)29-3)8-12-24(28)26-21-9-5-20(6-10-21)17-27-14-13-25-18(27)2/h4-14,16H,1,15,17H2,2-3H3,(H,26,28)/b12-8+. The second-order valence-corrected chi connectivity index (χ2v) is 6.63. The summed E-state index contributed by atoms with van der Waals surface area (Å²) in [4.78, 5) is 16.5. The maximum Gasteiger partial charge on any atom is 0.248 e. The average molecular weight is 403 g/mol. The predicted molar refractivity (Wildman–Crippen MR) is 119 cm³/mol. The van der Waals surface area contributed by atoms with Crippen molar-refractivity contribution in [3.05, 3.63) is 90.5 Å². The Balaban J connectivity index is 1.59. The second kappa shape index (κ2) is 10.1. The van der Waals surface area contributed by atoms with E-state index < -0.39 is 0 Å². The molecule has 0 spiro atoms. The Labute approximate surface area is 176 Å². The summed E-state index contributed by atoms with van der Waals surface area (Å²) in [5.74, 6) is 1.99. The number of carbonyl (C=O) groups is 1. The Kier molecular flexibility index (Phi) is 7.05. The topological polar surface area (TPSA) is 65.4 Å². The van der Waals surface area contributed by atoms with Crippen molar-refractivity contribution < 1.29 is 14.3 Å². The van der Waals surface area contributed by atoms with Gasteiger partial charge in [0.1, 0.15) is 12.4 Å². The summed E-state index contributed by atoms with van der Waals surface area (Å²) in [5, 5.41) is 2.87. The Morgan fingerprint density at radius 1 is 1.20 bits per heavy atom. The van der Waals surface area contributed by atoms with Crippen LogP contribution in [0.15, 0.2) is 73.6 Å². The normalized spacial score (nSPS) is 10.7. The van der Waals surface area contributed by atoms with Crippen molar-refractivity contribution in [2.45, 2.75) is 13.5 Å². The van der Waals surface area contributed by atoms with Gasteiger partial charge in [-0.3, -0.25) is 4.79 Å². The van der Waals surface area contributed by atoms with E-state index >= 15 is 0 Å². The molecule has 0 saturated carbocycles. The number of ether oxygens (including phenoxy) is 2. The first kappa shape index (κ1) is 20.9. The summed E-state index contributed by atoms with van der Waals surface area (Å²) in [6, 6.07) is 13.2. The van der Waals surface area contributed by atoms with E-state index in [0.29, 0.717) is 18.1 Å². The van der Waals surface area contributed by atoms with Gasteiger partial charge in [0.25, 0.3) is 0 Å². The maximum atomic E-state index is 12.3. The number of amides is 1. The third kappa shape index (κ3) is 5.61. The van der Waals surface area contributed by atoms with E-state index in [1.165, 1.54) is 6.08 Å². The summed E-state index contributed by atoms with van der Waals surface area (Å²) < 4.78 is 12.9. The predicted octanol–water partition coefficient (Wildman–Crippen LogP) is 4.47. The highest BCUT2D eigenvalue weighted by Gasteiger charge is 2.05. The number of aryl methyl sites for hydroxylation is 1. The van der Waals surface area contributed by atoms with Crippen molar-refractivity contribution in [1.82, 2.24) is 9.55 Å². The number of benzene rings is 2. The van der Waals surface area contributed by atoms with Gasteiger partial charge in [-0.2, -0.15) is 0 Å². The minimum Gasteiger partial charge on any atom is -0.493 e. The van der Waals surface area contributed by atoms with E-state index in [2.05, 4.69) is 21.4 Å². The van der Waals surface area contributed by atoms with Crippen molar-refractivity contribution in [1.29, 1.82) is 0 Å². The molecule has 1 amide bonds. The fourth-order valence-electron chi connectivity index (χ4n) is 2.87. The van der Waals surface area contributed by atoms with E-state index in [0.717, 1.165) is 29.2 Å². The van der Waals surface area contributed by atoms with Crippen LogP contribution in [0, 0.1) is 6.92 Å². The molecule has 3 aromatic rings. The van der Waals surface area contributed by atoms with Gasteiger partial charge in [-0.15, -0.1) is 0 Å². The van der Waals surface area contributed by atoms with Gasteiger partial charge >= 0.3 is 0 Å². The van der Waals surface area contributed by atoms with Crippen LogP contribution in [-0.4, -0.2) is 29.2 Å². The van der Waals surface area contributed by atoms with Crippen LogP contribution >= 0.6 is 0 Å². The van der Waals surface area contributed by atoms with Gasteiger partial charge in [0, 0.05) is 30.7 Å². The highest BCUT2D eigenvalue weighted by Crippen LogP contribution is 2.28. The van der Waals surface area contributed by atoms with Gasteiger partial charge in [-0.1, -0.05) is 30.9 Å². The summed E-state index contributed by atoms with van der Waals surface area (Å²) in [6.07, 6.45) is 8.62. The zero-order valence-corrected chi connectivity index (χ0v) is 17.2. The molecule has 0 unspecified atom stereocenters. The largest absolute Gasteiger partial charge is 0.493 e. The maximum absolute atomic E-state index is 12.3. The summed E-state index contributed by atoms with van der Waals surface area (Å²) in [7, 11) is 1.58. The monoisotopic (exact) mass is 403 g/mol. The van der Waals surface area contributed by atoms with Crippen LogP contribution < -0.4 is 14.8 Å². The number of rotatable bonds is 9. The lowest BCUT2D eigenvalue weighted by molar-refractivity contribution is -0.111. The number of methoxy groups -OCH3 is 1. The molecule has 1 heterocycles. The number of aromatic nitrogens is 2. The Hall–Kier alpha value is -3.80. The van der Waals surface area contributed by atoms with Crippen molar-refractivity contribution >= 4 is 17.7 Å². The lowest BCUT2D eigenvalue weighted by Gasteiger charge is -2.09. The quantitative estimate of drug-likeness (QED) is 0.423. The van der Waals surface area contributed by atoms with Gasteiger partial charge in [-0.05, 0) is 48.4 Å². The summed E-state index contributed by atoms with van der Waals surface area (Å²) in [5.41, 5.74) is 2.70. The third-order valence-electron chi connectivity index (χ3n) is 4.47. The van der Waals surface area contributed by atoms with Crippen LogP contribution in [0.3, 0.4) is 0 Å². The van der Waals surface area contributed by atoms with Gasteiger partial charge in [0.05, 0.1) is 7.11 Å². The first-order valence-corrected chi connectivity index (χ1v) is 9.56. The molecule has 1 N–H and O–H groups in total. The summed E-state index contributed by atoms with van der Waals surface area (Å²) in [6.45, 7) is 6.74. The smallest absolute Gasteiger partial charge is 0.248 e. The van der Waals surface area contributed by atoms with Gasteiger partial charge in [0.15, 0.2) is 11.5 Å². The molecule has 0 fully saturated rings. The number of hydrogen-bond acceptors (Lipinski definition) is 4. The number of hydrogen-bond donors (Lipinski definition) is 1. The highest BCUT2D eigenvalue weighted by molar-refractivity contribution is 6.01. The van der Waals surface area contributed by atoms with Crippen molar-refractivity contribution in [3.8, 4) is 11.5 Å². The van der Waals surface area contributed by atoms with E-state index in [4.69, 9.17) is 9.47 Å². The molecule has 0 aliphatic rings. The molecular formula is C24H25N3O3. The van der Waals surface area contributed by atoms with Crippen LogP contribution in [0.1, 0.15) is 17.0 Å². The molecule has 1 aromatic heterocycles. The molecule has 0 atom stereocenters. The molecule has 0 aliphatic carbocycles. The first-order valence-electron chi connectivity index (χ1n) is 9.56. The molecule has 0 bridgehead atoms. The molecule has 6 heteroatoms. The number of imidazole rings is 1. The molecular weight excluding hydrogens is 378 g/mol. The van der Waals surface area contributed by atoms with Crippen molar-refractivity contribution in [3.63, 3.8) is 0 Å². The third-order valence-corrected chi connectivity index (χ3v) is 4.47. The second-order valence-electron chi connectivity index (χ2n) is 6.63. The molecule has 0 saturated heterocycles. The fourth-order valence-corrected chi connectivity index (χ4v) is 2.87. The number of carbonyl (C=O) groups excluding carboxylic acids is 1. The van der Waals surface area contributed by atoms with Crippen molar-refractivity contribution in [2.75, 3.05) is 19.0 Å². The SMILES string of the molecule is C=CCOc1ccc(/C=C/C(=O)Nc2ccc(Cn3ccnc3C)cc2)cc1OC. The van der Waals surface area contributed by atoms with E-state index in [1.54, 1.807) is 31.5 Å². The van der Waals surface area contributed by atoms with Crippen LogP contribution in [-0.2, 0) is 11.3 Å². The van der Waals surface area contributed by atoms with E-state index in [-0.39, 0.29) is 5.91 Å².